The molecule has 3 aromatic carbocycles. The number of hydrogen-bond donors (Lipinski definition) is 3. The molecular weight excluding hydrogens is 378 g/mol. The van der Waals surface area contributed by atoms with E-state index in [0.29, 0.717) is 24.5 Å². The van der Waals surface area contributed by atoms with Crippen LogP contribution in [0, 0.1) is 5.41 Å². The molecule has 0 radical (unpaired) electrons. The summed E-state index contributed by atoms with van der Waals surface area (Å²) in [6, 6.07) is 24.4. The number of carboxylic acid groups (broad SMARTS) is 1. The Labute approximate surface area is 173 Å². The van der Waals surface area contributed by atoms with Gasteiger partial charge in [0.2, 0.25) is 0 Å². The van der Waals surface area contributed by atoms with Crippen LogP contribution in [-0.4, -0.2) is 21.5 Å². The van der Waals surface area contributed by atoms with Gasteiger partial charge in [0.25, 0.3) is 0 Å². The predicted molar refractivity (Wildman–Crippen MR) is 116 cm³/mol. The Balaban J connectivity index is 1.65. The summed E-state index contributed by atoms with van der Waals surface area (Å²) in [6.07, 6.45) is 0. The summed E-state index contributed by atoms with van der Waals surface area (Å²) in [5.74, 6) is -0.340. The van der Waals surface area contributed by atoms with Gasteiger partial charge in [0.1, 0.15) is 23.9 Å². The van der Waals surface area contributed by atoms with Gasteiger partial charge < -0.3 is 20.1 Å². The van der Waals surface area contributed by atoms with Crippen LogP contribution < -0.4 is 10.5 Å². The summed E-state index contributed by atoms with van der Waals surface area (Å²) in [5.41, 5.74) is 9.11. The monoisotopic (exact) mass is 399 g/mol. The highest BCUT2D eigenvalue weighted by molar-refractivity contribution is 5.96. The average Bonchev–Trinajstić information content (AvgIpc) is 3.11. The number of nitrogens with one attached hydrogen (secondary N) is 1. The first-order valence-corrected chi connectivity index (χ1v) is 9.48. The minimum atomic E-state index is -0.999. The second-order valence-electron chi connectivity index (χ2n) is 7.03. The molecule has 4 N–H and O–H groups in total. The summed E-state index contributed by atoms with van der Waals surface area (Å²) < 4.78 is 7.62. The first kappa shape index (κ1) is 19.3. The summed E-state index contributed by atoms with van der Waals surface area (Å²) in [4.78, 5) is 11.8. The fourth-order valence-corrected chi connectivity index (χ4v) is 3.45. The van der Waals surface area contributed by atoms with Crippen molar-refractivity contribution in [1.82, 2.24) is 4.57 Å². The molecule has 0 atom stereocenters. The third kappa shape index (κ3) is 4.03. The van der Waals surface area contributed by atoms with Crippen LogP contribution >= 0.6 is 0 Å². The van der Waals surface area contributed by atoms with E-state index in [1.807, 2.05) is 60.7 Å². The quantitative estimate of drug-likeness (QED) is 0.319. The van der Waals surface area contributed by atoms with E-state index >= 15 is 0 Å². The Hall–Kier alpha value is -4.06. The van der Waals surface area contributed by atoms with Crippen LogP contribution in [0.25, 0.3) is 10.9 Å². The standard InChI is InChI=1S/C24H21N3O3/c25-23(26)18-8-4-7-17(11-18)14-27-21-10-9-20(12-19(21)13-22(27)24(28)29)30-15-16-5-2-1-3-6-16/h1-13H,14-15H2,(H3,25,26)(H,28,29). The van der Waals surface area contributed by atoms with Crippen LogP contribution in [0.4, 0.5) is 0 Å². The Kier molecular flexibility index (Phi) is 5.22. The van der Waals surface area contributed by atoms with Gasteiger partial charge in [-0.3, -0.25) is 5.41 Å². The summed E-state index contributed by atoms with van der Waals surface area (Å²) in [6.45, 7) is 0.799. The number of carbonyl (C=O) groups is 1. The lowest BCUT2D eigenvalue weighted by Gasteiger charge is -2.11. The highest BCUT2D eigenvalue weighted by Gasteiger charge is 2.16. The molecule has 0 aliphatic heterocycles. The van der Waals surface area contributed by atoms with Gasteiger partial charge in [0.05, 0.1) is 0 Å². The van der Waals surface area contributed by atoms with Gasteiger partial charge in [-0.2, -0.15) is 0 Å². The Morgan fingerprint density at radius 2 is 1.73 bits per heavy atom. The van der Waals surface area contributed by atoms with E-state index < -0.39 is 5.97 Å². The Bertz CT molecular complexity index is 1230. The number of nitrogen functional groups attached to an aromatic ring is 1. The zero-order valence-corrected chi connectivity index (χ0v) is 16.2. The van der Waals surface area contributed by atoms with Gasteiger partial charge >= 0.3 is 5.97 Å². The largest absolute Gasteiger partial charge is 0.489 e. The van der Waals surface area contributed by atoms with Crippen molar-refractivity contribution in [2.75, 3.05) is 0 Å². The molecule has 0 saturated heterocycles. The molecule has 0 aliphatic carbocycles. The topological polar surface area (TPSA) is 101 Å². The molecule has 0 unspecified atom stereocenters. The maximum Gasteiger partial charge on any atom is 0.352 e. The molecule has 4 rings (SSSR count). The summed E-state index contributed by atoms with van der Waals surface area (Å²) in [5, 5.41) is 18.1. The fraction of sp³-hybridized carbons (Fsp3) is 0.0833. The Morgan fingerprint density at radius 3 is 2.47 bits per heavy atom. The minimum absolute atomic E-state index is 0.0205. The molecule has 150 valence electrons. The van der Waals surface area contributed by atoms with Crippen molar-refractivity contribution in [1.29, 1.82) is 5.41 Å². The van der Waals surface area contributed by atoms with E-state index in [2.05, 4.69) is 0 Å². The molecule has 0 fully saturated rings. The van der Waals surface area contributed by atoms with E-state index in [1.54, 1.807) is 22.8 Å². The molecule has 0 bridgehead atoms. The first-order chi connectivity index (χ1) is 14.5. The minimum Gasteiger partial charge on any atom is -0.489 e. The van der Waals surface area contributed by atoms with Crippen molar-refractivity contribution in [3.8, 4) is 5.75 Å². The maximum absolute atomic E-state index is 11.8. The molecule has 30 heavy (non-hydrogen) atoms. The number of rotatable bonds is 7. The number of fused-ring (bicyclic) bond motifs is 1. The molecule has 1 aromatic heterocycles. The molecule has 0 saturated carbocycles. The lowest BCUT2D eigenvalue weighted by Crippen LogP contribution is -2.13. The smallest absolute Gasteiger partial charge is 0.352 e. The SMILES string of the molecule is N=C(N)c1cccc(Cn2c(C(=O)O)cc3cc(OCc4ccccc4)ccc32)c1. The van der Waals surface area contributed by atoms with E-state index in [9.17, 15) is 9.90 Å². The molecular formula is C24H21N3O3. The van der Waals surface area contributed by atoms with Crippen molar-refractivity contribution in [2.24, 2.45) is 5.73 Å². The van der Waals surface area contributed by atoms with Gasteiger partial charge in [-0.05, 0) is 41.5 Å². The number of aromatic carboxylic acids is 1. The predicted octanol–water partition coefficient (Wildman–Crippen LogP) is 4.25. The van der Waals surface area contributed by atoms with Crippen LogP contribution in [0.5, 0.6) is 5.75 Å². The average molecular weight is 399 g/mol. The normalized spacial score (nSPS) is 10.8. The van der Waals surface area contributed by atoms with Crippen LogP contribution in [-0.2, 0) is 13.2 Å². The van der Waals surface area contributed by atoms with Gasteiger partial charge in [0, 0.05) is 23.0 Å². The van der Waals surface area contributed by atoms with E-state index in [0.717, 1.165) is 22.0 Å². The lowest BCUT2D eigenvalue weighted by atomic mass is 10.1. The van der Waals surface area contributed by atoms with Crippen molar-refractivity contribution < 1.29 is 14.6 Å². The zero-order valence-electron chi connectivity index (χ0n) is 16.2. The van der Waals surface area contributed by atoms with Crippen molar-refractivity contribution >= 4 is 22.7 Å². The third-order valence-electron chi connectivity index (χ3n) is 4.92. The van der Waals surface area contributed by atoms with E-state index in [-0.39, 0.29) is 11.5 Å². The van der Waals surface area contributed by atoms with Gasteiger partial charge in [-0.1, -0.05) is 48.5 Å². The summed E-state index contributed by atoms with van der Waals surface area (Å²) >= 11 is 0. The summed E-state index contributed by atoms with van der Waals surface area (Å²) in [7, 11) is 0. The molecule has 0 aliphatic rings. The molecule has 4 aromatic rings. The van der Waals surface area contributed by atoms with Gasteiger partial charge in [0.15, 0.2) is 0 Å². The number of carboxylic acids is 1. The number of nitrogens with two attached hydrogens (primary N) is 1. The molecule has 6 heteroatoms. The van der Waals surface area contributed by atoms with Crippen LogP contribution in [0.15, 0.2) is 78.9 Å². The molecule has 0 amide bonds. The lowest BCUT2D eigenvalue weighted by molar-refractivity contribution is 0.0686. The highest BCUT2D eigenvalue weighted by Crippen LogP contribution is 2.26. The van der Waals surface area contributed by atoms with E-state index in [4.69, 9.17) is 15.9 Å². The first-order valence-electron chi connectivity index (χ1n) is 9.48. The van der Waals surface area contributed by atoms with Gasteiger partial charge in [-0.15, -0.1) is 0 Å². The number of amidine groups is 1. The second kappa shape index (κ2) is 8.13. The number of aromatic nitrogens is 1. The van der Waals surface area contributed by atoms with Crippen molar-refractivity contribution in [2.45, 2.75) is 13.2 Å². The van der Waals surface area contributed by atoms with Gasteiger partial charge in [-0.25, -0.2) is 4.79 Å². The van der Waals surface area contributed by atoms with Crippen LogP contribution in [0.1, 0.15) is 27.2 Å². The van der Waals surface area contributed by atoms with Crippen molar-refractivity contribution in [3.05, 3.63) is 101 Å². The maximum atomic E-state index is 11.8. The molecule has 6 nitrogen and oxygen atoms in total. The zero-order chi connectivity index (χ0) is 21.1. The molecule has 1 heterocycles. The third-order valence-corrected chi connectivity index (χ3v) is 4.92. The van der Waals surface area contributed by atoms with Crippen LogP contribution in [0.2, 0.25) is 0 Å². The van der Waals surface area contributed by atoms with Crippen molar-refractivity contribution in [3.63, 3.8) is 0 Å². The van der Waals surface area contributed by atoms with Crippen LogP contribution in [0.3, 0.4) is 0 Å². The number of ether oxygens (including phenoxy) is 1. The van der Waals surface area contributed by atoms with E-state index in [1.165, 1.54) is 0 Å². The fourth-order valence-electron chi connectivity index (χ4n) is 3.45. The Morgan fingerprint density at radius 1 is 0.967 bits per heavy atom. The number of hydrogen-bond acceptors (Lipinski definition) is 3. The second-order valence-corrected chi connectivity index (χ2v) is 7.03. The number of benzene rings is 3. The molecule has 0 spiro atoms. The number of nitrogens with zero attached hydrogens (tertiary/aromatic N) is 1. The highest BCUT2D eigenvalue weighted by atomic mass is 16.5.